The lowest BCUT2D eigenvalue weighted by atomic mass is 9.85. The molecule has 0 fully saturated rings. The molecule has 1 aliphatic rings. The van der Waals surface area contributed by atoms with E-state index in [9.17, 15) is 4.79 Å². The third kappa shape index (κ3) is 3.05. The van der Waals surface area contributed by atoms with E-state index in [0.717, 1.165) is 24.8 Å². The van der Waals surface area contributed by atoms with Gasteiger partial charge in [-0.25, -0.2) is 4.79 Å². The highest BCUT2D eigenvalue weighted by Gasteiger charge is 2.14. The number of aliphatic carboxylic acids is 1. The molecule has 0 amide bonds. The minimum absolute atomic E-state index is 0.444. The molecule has 0 heterocycles. The van der Waals surface area contributed by atoms with Crippen molar-refractivity contribution in [3.63, 3.8) is 0 Å². The molecule has 0 aliphatic heterocycles. The van der Waals surface area contributed by atoms with Crippen molar-refractivity contribution in [2.75, 3.05) is 0 Å². The molecule has 0 spiro atoms. The van der Waals surface area contributed by atoms with Gasteiger partial charge >= 0.3 is 5.97 Å². The normalized spacial score (nSPS) is 24.0. The lowest BCUT2D eigenvalue weighted by Crippen LogP contribution is -2.07. The molecular weight excluding hydrogens is 164 g/mol. The Hall–Kier alpha value is -1.05. The molecule has 0 radical (unpaired) electrons. The monoisotopic (exact) mass is 180 g/mol. The molecule has 72 valence electrons. The summed E-state index contributed by atoms with van der Waals surface area (Å²) >= 11 is 0. The first-order valence-corrected chi connectivity index (χ1v) is 4.66. The van der Waals surface area contributed by atoms with Gasteiger partial charge in [-0.1, -0.05) is 17.2 Å². The van der Waals surface area contributed by atoms with Gasteiger partial charge in [0, 0.05) is 6.08 Å². The van der Waals surface area contributed by atoms with Crippen molar-refractivity contribution in [2.45, 2.75) is 33.1 Å². The van der Waals surface area contributed by atoms with Crippen molar-refractivity contribution < 1.29 is 9.90 Å². The summed E-state index contributed by atoms with van der Waals surface area (Å²) < 4.78 is 0. The molecule has 0 aromatic rings. The van der Waals surface area contributed by atoms with Crippen molar-refractivity contribution in [1.29, 1.82) is 0 Å². The second-order valence-corrected chi connectivity index (χ2v) is 3.75. The summed E-state index contributed by atoms with van der Waals surface area (Å²) in [7, 11) is 0. The van der Waals surface area contributed by atoms with E-state index in [1.54, 1.807) is 0 Å². The maximum absolute atomic E-state index is 10.4. The zero-order chi connectivity index (χ0) is 9.84. The highest BCUT2D eigenvalue weighted by molar-refractivity contribution is 5.80. The van der Waals surface area contributed by atoms with Gasteiger partial charge in [-0.2, -0.15) is 0 Å². The number of hydrogen-bond donors (Lipinski definition) is 1. The number of carbonyl (C=O) groups is 1. The maximum atomic E-state index is 10.4. The fourth-order valence-electron chi connectivity index (χ4n) is 1.69. The molecular formula is C11H16O2. The van der Waals surface area contributed by atoms with Gasteiger partial charge in [-0.05, 0) is 39.0 Å². The van der Waals surface area contributed by atoms with Crippen molar-refractivity contribution in [2.24, 2.45) is 5.92 Å². The lowest BCUT2D eigenvalue weighted by molar-refractivity contribution is -0.131. The molecule has 2 heteroatoms. The van der Waals surface area contributed by atoms with E-state index in [0.29, 0.717) is 5.92 Å². The molecule has 1 N–H and O–H groups in total. The first kappa shape index (κ1) is 10.0. The summed E-state index contributed by atoms with van der Waals surface area (Å²) in [6, 6.07) is 0. The van der Waals surface area contributed by atoms with E-state index in [4.69, 9.17) is 5.11 Å². The minimum atomic E-state index is -0.830. The van der Waals surface area contributed by atoms with Crippen LogP contribution < -0.4 is 0 Å². The van der Waals surface area contributed by atoms with Crippen LogP contribution in [0.2, 0.25) is 0 Å². The van der Waals surface area contributed by atoms with Gasteiger partial charge < -0.3 is 5.11 Å². The van der Waals surface area contributed by atoms with Crippen LogP contribution in [0.25, 0.3) is 0 Å². The number of carboxylic acid groups (broad SMARTS) is 1. The van der Waals surface area contributed by atoms with Crippen molar-refractivity contribution in [1.82, 2.24) is 0 Å². The molecule has 0 bridgehead atoms. The highest BCUT2D eigenvalue weighted by atomic mass is 16.4. The minimum Gasteiger partial charge on any atom is -0.478 e. The van der Waals surface area contributed by atoms with E-state index >= 15 is 0 Å². The van der Waals surface area contributed by atoms with E-state index in [2.05, 4.69) is 13.0 Å². The van der Waals surface area contributed by atoms with Crippen LogP contribution in [0.1, 0.15) is 33.1 Å². The lowest BCUT2D eigenvalue weighted by Gasteiger charge is -2.20. The topological polar surface area (TPSA) is 37.3 Å². The van der Waals surface area contributed by atoms with Gasteiger partial charge in [-0.3, -0.25) is 0 Å². The van der Waals surface area contributed by atoms with E-state index in [-0.39, 0.29) is 0 Å². The number of rotatable bonds is 2. The van der Waals surface area contributed by atoms with Gasteiger partial charge in [0.1, 0.15) is 0 Å². The predicted molar refractivity (Wildman–Crippen MR) is 52.5 cm³/mol. The molecule has 1 atom stereocenters. The van der Waals surface area contributed by atoms with Gasteiger partial charge in [0.25, 0.3) is 0 Å². The summed E-state index contributed by atoms with van der Waals surface area (Å²) in [5, 5.41) is 8.57. The standard InChI is InChI=1S/C11H16O2/c1-8-3-5-10(6-4-8)9(2)7-11(12)13/h3,7,10H,4-6H2,1-2H3,(H,12,13)/b9-7+/t10-/m0/s1. The SMILES string of the molecule is CC1=CC[C@H](/C(C)=C/C(=O)O)CC1. The Kier molecular flexibility index (Phi) is 3.29. The second kappa shape index (κ2) is 4.26. The largest absolute Gasteiger partial charge is 0.478 e. The van der Waals surface area contributed by atoms with E-state index in [1.807, 2.05) is 6.92 Å². The number of allylic oxidation sites excluding steroid dienone is 3. The smallest absolute Gasteiger partial charge is 0.328 e. The van der Waals surface area contributed by atoms with Crippen LogP contribution in [-0.4, -0.2) is 11.1 Å². The van der Waals surface area contributed by atoms with Crippen LogP contribution in [-0.2, 0) is 4.79 Å². The molecule has 2 nitrogen and oxygen atoms in total. The van der Waals surface area contributed by atoms with Gasteiger partial charge in [0.2, 0.25) is 0 Å². The van der Waals surface area contributed by atoms with Gasteiger partial charge in [0.05, 0.1) is 0 Å². The van der Waals surface area contributed by atoms with E-state index in [1.165, 1.54) is 11.6 Å². The Morgan fingerprint density at radius 3 is 2.85 bits per heavy atom. The first-order valence-electron chi connectivity index (χ1n) is 4.66. The van der Waals surface area contributed by atoms with Crippen LogP contribution in [0.15, 0.2) is 23.3 Å². The quantitative estimate of drug-likeness (QED) is 0.524. The summed E-state index contributed by atoms with van der Waals surface area (Å²) in [5.74, 6) is -0.386. The highest BCUT2D eigenvalue weighted by Crippen LogP contribution is 2.28. The third-order valence-electron chi connectivity index (χ3n) is 2.63. The Bertz CT molecular complexity index is 261. The molecule has 1 aliphatic carbocycles. The third-order valence-corrected chi connectivity index (χ3v) is 2.63. The fourth-order valence-corrected chi connectivity index (χ4v) is 1.69. The zero-order valence-corrected chi connectivity index (χ0v) is 8.21. The molecule has 0 aromatic carbocycles. The molecule has 1 rings (SSSR count). The zero-order valence-electron chi connectivity index (χ0n) is 8.21. The summed E-state index contributed by atoms with van der Waals surface area (Å²) in [4.78, 5) is 10.4. The second-order valence-electron chi connectivity index (χ2n) is 3.75. The van der Waals surface area contributed by atoms with Crippen molar-refractivity contribution >= 4 is 5.97 Å². The first-order chi connectivity index (χ1) is 6.09. The van der Waals surface area contributed by atoms with E-state index < -0.39 is 5.97 Å². The molecule has 0 saturated heterocycles. The van der Waals surface area contributed by atoms with Gasteiger partial charge in [-0.15, -0.1) is 0 Å². The summed E-state index contributed by atoms with van der Waals surface area (Å²) in [6.45, 7) is 4.04. The Labute approximate surface area is 79.0 Å². The van der Waals surface area contributed by atoms with Crippen LogP contribution in [0.3, 0.4) is 0 Å². The maximum Gasteiger partial charge on any atom is 0.328 e. The summed E-state index contributed by atoms with van der Waals surface area (Å²) in [6.07, 6.45) is 6.75. The average Bonchev–Trinajstić information content (AvgIpc) is 2.04. The molecule has 0 aromatic heterocycles. The van der Waals surface area contributed by atoms with Crippen molar-refractivity contribution in [3.05, 3.63) is 23.3 Å². The number of carboxylic acids is 1. The Morgan fingerprint density at radius 1 is 1.69 bits per heavy atom. The van der Waals surface area contributed by atoms with Crippen molar-refractivity contribution in [3.8, 4) is 0 Å². The Morgan fingerprint density at radius 2 is 2.38 bits per heavy atom. The van der Waals surface area contributed by atoms with Gasteiger partial charge in [0.15, 0.2) is 0 Å². The molecule has 13 heavy (non-hydrogen) atoms. The van der Waals surface area contributed by atoms with Crippen LogP contribution >= 0.6 is 0 Å². The predicted octanol–water partition coefficient (Wildman–Crippen LogP) is 2.76. The fraction of sp³-hybridized carbons (Fsp3) is 0.545. The van der Waals surface area contributed by atoms with Crippen LogP contribution in [0.4, 0.5) is 0 Å². The van der Waals surface area contributed by atoms with Crippen LogP contribution in [0, 0.1) is 5.92 Å². The molecule has 0 saturated carbocycles. The number of hydrogen-bond acceptors (Lipinski definition) is 1. The summed E-state index contributed by atoms with van der Waals surface area (Å²) in [5.41, 5.74) is 2.43. The molecule has 0 unspecified atom stereocenters. The average molecular weight is 180 g/mol. The van der Waals surface area contributed by atoms with Crippen LogP contribution in [0.5, 0.6) is 0 Å². The Balaban J connectivity index is 2.60.